The van der Waals surface area contributed by atoms with Gasteiger partial charge >= 0.3 is 0 Å². The van der Waals surface area contributed by atoms with E-state index in [1.54, 1.807) is 48.9 Å². The smallest absolute Gasteiger partial charge is 0.263 e. The zero-order valence-corrected chi connectivity index (χ0v) is 16.2. The molecule has 0 aromatic carbocycles. The molecule has 144 valence electrons. The quantitative estimate of drug-likeness (QED) is 0.712. The van der Waals surface area contributed by atoms with Gasteiger partial charge in [-0.05, 0) is 30.9 Å². The Labute approximate surface area is 166 Å². The minimum atomic E-state index is -0.132. The SMILES string of the molecule is CN(C(=O)c1cnn2c1C[C@@H](CNC(=O)c1cccnc1)CC2)c1nccs1. The van der Waals surface area contributed by atoms with Crippen LogP contribution in [-0.2, 0) is 13.0 Å². The second kappa shape index (κ2) is 7.89. The van der Waals surface area contributed by atoms with Gasteiger partial charge in [0.25, 0.3) is 11.8 Å². The number of amides is 2. The lowest BCUT2D eigenvalue weighted by molar-refractivity contribution is 0.0941. The summed E-state index contributed by atoms with van der Waals surface area (Å²) in [4.78, 5) is 34.9. The monoisotopic (exact) mass is 396 g/mol. The molecule has 9 heteroatoms. The Morgan fingerprint density at radius 1 is 1.36 bits per heavy atom. The number of carbonyl (C=O) groups is 2. The van der Waals surface area contributed by atoms with E-state index in [-0.39, 0.29) is 17.7 Å². The number of carbonyl (C=O) groups excluding carboxylic acids is 2. The average Bonchev–Trinajstić information content (AvgIpc) is 3.41. The Balaban J connectivity index is 1.43. The van der Waals surface area contributed by atoms with Crippen molar-refractivity contribution in [3.8, 4) is 0 Å². The van der Waals surface area contributed by atoms with Crippen molar-refractivity contribution in [2.75, 3.05) is 18.5 Å². The molecule has 0 saturated heterocycles. The molecule has 1 atom stereocenters. The highest BCUT2D eigenvalue weighted by atomic mass is 32.1. The van der Waals surface area contributed by atoms with Crippen LogP contribution in [0.25, 0.3) is 0 Å². The largest absolute Gasteiger partial charge is 0.352 e. The van der Waals surface area contributed by atoms with Crippen molar-refractivity contribution >= 4 is 28.3 Å². The third-order valence-corrected chi connectivity index (χ3v) is 5.74. The third-order valence-electron chi connectivity index (χ3n) is 4.90. The van der Waals surface area contributed by atoms with Crippen LogP contribution in [0.5, 0.6) is 0 Å². The summed E-state index contributed by atoms with van der Waals surface area (Å²) in [6, 6.07) is 3.48. The molecule has 8 nitrogen and oxygen atoms in total. The van der Waals surface area contributed by atoms with E-state index in [4.69, 9.17) is 0 Å². The highest BCUT2D eigenvalue weighted by Gasteiger charge is 2.27. The van der Waals surface area contributed by atoms with E-state index in [0.29, 0.717) is 29.2 Å². The predicted octanol–water partition coefficient (Wildman–Crippen LogP) is 2.00. The molecule has 3 aromatic heterocycles. The van der Waals surface area contributed by atoms with Gasteiger partial charge in [-0.15, -0.1) is 11.3 Å². The molecule has 4 rings (SSSR count). The second-order valence-electron chi connectivity index (χ2n) is 6.72. The number of nitrogens with one attached hydrogen (secondary N) is 1. The van der Waals surface area contributed by atoms with Crippen LogP contribution < -0.4 is 10.2 Å². The Bertz CT molecular complexity index is 970. The summed E-state index contributed by atoms with van der Waals surface area (Å²) in [7, 11) is 1.72. The fraction of sp³-hybridized carbons (Fsp3) is 0.316. The average molecular weight is 396 g/mol. The number of pyridine rings is 1. The molecule has 28 heavy (non-hydrogen) atoms. The summed E-state index contributed by atoms with van der Waals surface area (Å²) >= 11 is 1.42. The predicted molar refractivity (Wildman–Crippen MR) is 105 cm³/mol. The highest BCUT2D eigenvalue weighted by molar-refractivity contribution is 7.13. The zero-order valence-electron chi connectivity index (χ0n) is 15.4. The van der Waals surface area contributed by atoms with Gasteiger partial charge in [0, 0.05) is 44.1 Å². The van der Waals surface area contributed by atoms with Crippen molar-refractivity contribution in [2.24, 2.45) is 5.92 Å². The number of thiazole rings is 1. The third kappa shape index (κ3) is 3.65. The molecular weight excluding hydrogens is 376 g/mol. The fourth-order valence-electron chi connectivity index (χ4n) is 3.34. The van der Waals surface area contributed by atoms with E-state index < -0.39 is 0 Å². The molecule has 4 heterocycles. The Morgan fingerprint density at radius 2 is 2.25 bits per heavy atom. The number of hydrogen-bond acceptors (Lipinski definition) is 6. The van der Waals surface area contributed by atoms with Crippen LogP contribution in [0.4, 0.5) is 5.13 Å². The van der Waals surface area contributed by atoms with Gasteiger partial charge in [-0.1, -0.05) is 0 Å². The van der Waals surface area contributed by atoms with E-state index in [9.17, 15) is 9.59 Å². The van der Waals surface area contributed by atoms with Crippen molar-refractivity contribution in [3.05, 3.63) is 59.1 Å². The van der Waals surface area contributed by atoms with Crippen molar-refractivity contribution in [2.45, 2.75) is 19.4 Å². The Hall–Kier alpha value is -3.07. The maximum absolute atomic E-state index is 12.9. The van der Waals surface area contributed by atoms with Crippen LogP contribution in [0.2, 0.25) is 0 Å². The first-order valence-corrected chi connectivity index (χ1v) is 9.92. The van der Waals surface area contributed by atoms with E-state index in [1.165, 1.54) is 11.3 Å². The topological polar surface area (TPSA) is 93.0 Å². The number of anilines is 1. The number of fused-ring (bicyclic) bond motifs is 1. The number of aromatic nitrogens is 4. The number of nitrogens with zero attached hydrogens (tertiary/aromatic N) is 5. The van der Waals surface area contributed by atoms with E-state index >= 15 is 0 Å². The summed E-state index contributed by atoms with van der Waals surface area (Å²) in [6.45, 7) is 1.28. The summed E-state index contributed by atoms with van der Waals surface area (Å²) in [5.74, 6) is 0.00442. The molecule has 0 spiro atoms. The normalized spacial score (nSPS) is 15.7. The van der Waals surface area contributed by atoms with E-state index in [0.717, 1.165) is 18.7 Å². The van der Waals surface area contributed by atoms with Gasteiger partial charge in [0.2, 0.25) is 0 Å². The molecule has 1 N–H and O–H groups in total. The van der Waals surface area contributed by atoms with Crippen LogP contribution in [0.15, 0.2) is 42.3 Å². The van der Waals surface area contributed by atoms with Crippen molar-refractivity contribution in [3.63, 3.8) is 0 Å². The van der Waals surface area contributed by atoms with Crippen molar-refractivity contribution in [1.29, 1.82) is 0 Å². The standard InChI is InChI=1S/C19H20N6O2S/c1-24(19-21-6-8-28-19)18(27)15-12-23-25-7-4-13(9-16(15)25)10-22-17(26)14-3-2-5-20-11-14/h2-3,5-6,8,11-13H,4,7,9-10H2,1H3,(H,22,26)/t13-/m0/s1. The molecular formula is C19H20N6O2S. The fourth-order valence-corrected chi connectivity index (χ4v) is 3.94. The molecule has 0 radical (unpaired) electrons. The van der Waals surface area contributed by atoms with Gasteiger partial charge in [-0.25, -0.2) is 4.98 Å². The summed E-state index contributed by atoms with van der Waals surface area (Å²) in [5, 5.41) is 9.84. The summed E-state index contributed by atoms with van der Waals surface area (Å²) in [5.41, 5.74) is 2.06. The molecule has 0 fully saturated rings. The lowest BCUT2D eigenvalue weighted by Gasteiger charge is -2.25. The first-order valence-electron chi connectivity index (χ1n) is 9.04. The minimum absolute atomic E-state index is 0.115. The minimum Gasteiger partial charge on any atom is -0.352 e. The van der Waals surface area contributed by atoms with Gasteiger partial charge in [0.1, 0.15) is 0 Å². The van der Waals surface area contributed by atoms with Gasteiger partial charge in [0.15, 0.2) is 5.13 Å². The number of aryl methyl sites for hydroxylation is 1. The number of hydrogen-bond donors (Lipinski definition) is 1. The van der Waals surface area contributed by atoms with Crippen LogP contribution in [0.1, 0.15) is 32.8 Å². The van der Waals surface area contributed by atoms with Gasteiger partial charge < -0.3 is 5.32 Å². The van der Waals surface area contributed by atoms with Gasteiger partial charge in [0.05, 0.1) is 23.0 Å². The van der Waals surface area contributed by atoms with Gasteiger partial charge in [-0.2, -0.15) is 5.10 Å². The molecule has 0 bridgehead atoms. The first-order chi connectivity index (χ1) is 13.6. The van der Waals surface area contributed by atoms with Gasteiger partial charge in [-0.3, -0.25) is 24.2 Å². The molecule has 3 aromatic rings. The first kappa shape index (κ1) is 18.3. The molecule has 0 saturated carbocycles. The van der Waals surface area contributed by atoms with E-state index in [2.05, 4.69) is 20.4 Å². The number of rotatable bonds is 5. The molecule has 0 aliphatic carbocycles. The van der Waals surface area contributed by atoms with Crippen molar-refractivity contribution in [1.82, 2.24) is 25.1 Å². The maximum atomic E-state index is 12.9. The summed E-state index contributed by atoms with van der Waals surface area (Å²) in [6.07, 6.45) is 8.10. The molecule has 1 aliphatic heterocycles. The maximum Gasteiger partial charge on any atom is 0.263 e. The van der Waals surface area contributed by atoms with Crippen LogP contribution >= 0.6 is 11.3 Å². The Morgan fingerprint density at radius 3 is 3.00 bits per heavy atom. The molecule has 0 unspecified atom stereocenters. The Kier molecular flexibility index (Phi) is 5.16. The van der Waals surface area contributed by atoms with Crippen LogP contribution in [0, 0.1) is 5.92 Å². The molecule has 1 aliphatic rings. The highest BCUT2D eigenvalue weighted by Crippen LogP contribution is 2.25. The lowest BCUT2D eigenvalue weighted by atomic mass is 9.94. The molecule has 2 amide bonds. The van der Waals surface area contributed by atoms with Crippen LogP contribution in [0.3, 0.4) is 0 Å². The second-order valence-corrected chi connectivity index (χ2v) is 7.59. The van der Waals surface area contributed by atoms with Crippen LogP contribution in [-0.4, -0.2) is 45.2 Å². The van der Waals surface area contributed by atoms with Crippen molar-refractivity contribution < 1.29 is 9.59 Å². The van der Waals surface area contributed by atoms with E-state index in [1.807, 2.05) is 10.1 Å². The summed E-state index contributed by atoms with van der Waals surface area (Å²) < 4.78 is 1.89. The zero-order chi connectivity index (χ0) is 19.5. The lowest BCUT2D eigenvalue weighted by Crippen LogP contribution is -2.34.